The van der Waals surface area contributed by atoms with Gasteiger partial charge in [-0.05, 0) is 0 Å². The second kappa shape index (κ2) is 4.50. The summed E-state index contributed by atoms with van der Waals surface area (Å²) in [5, 5.41) is 3.83. The van der Waals surface area contributed by atoms with Crippen molar-refractivity contribution in [2.45, 2.75) is 6.10 Å². The highest BCUT2D eigenvalue weighted by Crippen LogP contribution is 2.10. The van der Waals surface area contributed by atoms with Crippen molar-refractivity contribution in [3.8, 4) is 5.19 Å². The normalized spacial score (nSPS) is 22.9. The highest BCUT2D eigenvalue weighted by molar-refractivity contribution is 7.07. The molecule has 0 radical (unpaired) electrons. The van der Waals surface area contributed by atoms with Gasteiger partial charge in [-0.2, -0.15) is 9.36 Å². The molecule has 0 aromatic carbocycles. The number of morpholine rings is 1. The van der Waals surface area contributed by atoms with E-state index in [1.165, 1.54) is 17.9 Å². The van der Waals surface area contributed by atoms with E-state index in [-0.39, 0.29) is 6.10 Å². The molecular formula is C7H11N3O2S. The smallest absolute Gasteiger partial charge is 0.293 e. The zero-order valence-corrected chi connectivity index (χ0v) is 7.92. The van der Waals surface area contributed by atoms with Crippen LogP contribution in [-0.4, -0.2) is 41.8 Å². The molecule has 2 heterocycles. The van der Waals surface area contributed by atoms with E-state index in [2.05, 4.69) is 14.7 Å². The molecule has 0 amide bonds. The molecule has 6 heteroatoms. The molecule has 0 aliphatic carbocycles. The van der Waals surface area contributed by atoms with Crippen molar-refractivity contribution in [3.05, 3.63) is 6.33 Å². The Hall–Kier alpha value is -0.720. The lowest BCUT2D eigenvalue weighted by Gasteiger charge is -2.22. The van der Waals surface area contributed by atoms with Gasteiger partial charge >= 0.3 is 0 Å². The van der Waals surface area contributed by atoms with Gasteiger partial charge in [-0.3, -0.25) is 0 Å². The van der Waals surface area contributed by atoms with Gasteiger partial charge in [-0.1, -0.05) is 0 Å². The number of rotatable bonds is 3. The zero-order chi connectivity index (χ0) is 8.93. The maximum atomic E-state index is 5.45. The van der Waals surface area contributed by atoms with Crippen molar-refractivity contribution in [1.29, 1.82) is 0 Å². The summed E-state index contributed by atoms with van der Waals surface area (Å²) in [6.07, 6.45) is 1.62. The number of ether oxygens (including phenoxy) is 2. The van der Waals surface area contributed by atoms with E-state index in [1.54, 1.807) is 0 Å². The van der Waals surface area contributed by atoms with Crippen LogP contribution in [0.15, 0.2) is 6.33 Å². The molecule has 0 saturated carbocycles. The average molecular weight is 201 g/mol. The Kier molecular flexibility index (Phi) is 3.07. The minimum Gasteiger partial charge on any atom is -0.466 e. The second-order valence-electron chi connectivity index (χ2n) is 2.72. The van der Waals surface area contributed by atoms with Crippen molar-refractivity contribution in [1.82, 2.24) is 14.7 Å². The first-order valence-electron chi connectivity index (χ1n) is 4.17. The minimum absolute atomic E-state index is 0.137. The fourth-order valence-corrected chi connectivity index (χ4v) is 1.52. The Morgan fingerprint density at radius 2 is 2.77 bits per heavy atom. The van der Waals surface area contributed by atoms with E-state index in [0.29, 0.717) is 11.8 Å². The molecular weight excluding hydrogens is 190 g/mol. The summed E-state index contributed by atoms with van der Waals surface area (Å²) in [5.74, 6) is 0. The molecule has 1 atom stereocenters. The van der Waals surface area contributed by atoms with Crippen LogP contribution in [0.2, 0.25) is 0 Å². The lowest BCUT2D eigenvalue weighted by molar-refractivity contribution is 0.000153. The van der Waals surface area contributed by atoms with Gasteiger partial charge in [0.2, 0.25) is 0 Å². The lowest BCUT2D eigenvalue weighted by Crippen LogP contribution is -2.41. The molecule has 2 rings (SSSR count). The Labute approximate surface area is 80.2 Å². The summed E-state index contributed by atoms with van der Waals surface area (Å²) in [6, 6.07) is 0. The molecule has 0 bridgehead atoms. The topological polar surface area (TPSA) is 56.3 Å². The SMILES string of the molecule is c1nsc(OCC2CNCCO2)n1. The predicted octanol–water partition coefficient (Wildman–Crippen LogP) is -0.0947. The Morgan fingerprint density at radius 3 is 3.46 bits per heavy atom. The molecule has 1 N–H and O–H groups in total. The summed E-state index contributed by atoms with van der Waals surface area (Å²) in [4.78, 5) is 3.91. The van der Waals surface area contributed by atoms with Gasteiger partial charge in [0.25, 0.3) is 5.19 Å². The predicted molar refractivity (Wildman–Crippen MR) is 48.0 cm³/mol. The molecule has 1 aliphatic rings. The summed E-state index contributed by atoms with van der Waals surface area (Å²) in [7, 11) is 0. The van der Waals surface area contributed by atoms with E-state index in [1.807, 2.05) is 0 Å². The maximum Gasteiger partial charge on any atom is 0.293 e. The first kappa shape index (κ1) is 8.86. The number of aromatic nitrogens is 2. The first-order valence-corrected chi connectivity index (χ1v) is 4.94. The second-order valence-corrected chi connectivity index (χ2v) is 3.46. The molecule has 1 saturated heterocycles. The Morgan fingerprint density at radius 1 is 1.77 bits per heavy atom. The van der Waals surface area contributed by atoms with Gasteiger partial charge in [0.05, 0.1) is 6.61 Å². The minimum atomic E-state index is 0.137. The van der Waals surface area contributed by atoms with Gasteiger partial charge in [-0.25, -0.2) is 0 Å². The van der Waals surface area contributed by atoms with Crippen LogP contribution in [-0.2, 0) is 4.74 Å². The fraction of sp³-hybridized carbons (Fsp3) is 0.714. The zero-order valence-electron chi connectivity index (χ0n) is 7.10. The van der Waals surface area contributed by atoms with Crippen molar-refractivity contribution < 1.29 is 9.47 Å². The largest absolute Gasteiger partial charge is 0.466 e. The van der Waals surface area contributed by atoms with Crippen LogP contribution in [0.3, 0.4) is 0 Å². The third-order valence-electron chi connectivity index (χ3n) is 1.74. The molecule has 1 aromatic heterocycles. The van der Waals surface area contributed by atoms with Crippen LogP contribution in [0.1, 0.15) is 0 Å². The van der Waals surface area contributed by atoms with Gasteiger partial charge < -0.3 is 14.8 Å². The Bertz CT molecular complexity index is 236. The Balaban J connectivity index is 1.72. The highest BCUT2D eigenvalue weighted by atomic mass is 32.1. The van der Waals surface area contributed by atoms with E-state index < -0.39 is 0 Å². The lowest BCUT2D eigenvalue weighted by atomic mass is 10.3. The third-order valence-corrected chi connectivity index (χ3v) is 2.32. The maximum absolute atomic E-state index is 5.45. The summed E-state index contributed by atoms with van der Waals surface area (Å²) in [5.41, 5.74) is 0. The van der Waals surface area contributed by atoms with Gasteiger partial charge in [0.1, 0.15) is 19.0 Å². The number of hydrogen-bond donors (Lipinski definition) is 1. The van der Waals surface area contributed by atoms with Crippen LogP contribution in [0.5, 0.6) is 5.19 Å². The van der Waals surface area contributed by atoms with Crippen molar-refractivity contribution in [2.75, 3.05) is 26.3 Å². The highest BCUT2D eigenvalue weighted by Gasteiger charge is 2.14. The molecule has 5 nitrogen and oxygen atoms in total. The summed E-state index contributed by atoms with van der Waals surface area (Å²) >= 11 is 1.25. The van der Waals surface area contributed by atoms with Gasteiger partial charge in [0.15, 0.2) is 0 Å². The molecule has 0 spiro atoms. The monoisotopic (exact) mass is 201 g/mol. The fourth-order valence-electron chi connectivity index (χ4n) is 1.12. The quantitative estimate of drug-likeness (QED) is 0.740. The standard InChI is InChI=1S/C7H11N3O2S/c1-2-11-6(3-8-1)4-12-7-9-5-10-13-7/h5-6,8H,1-4H2. The van der Waals surface area contributed by atoms with Crippen LogP contribution in [0.25, 0.3) is 0 Å². The van der Waals surface area contributed by atoms with Gasteiger partial charge in [-0.15, -0.1) is 0 Å². The average Bonchev–Trinajstić information content (AvgIpc) is 2.69. The van der Waals surface area contributed by atoms with E-state index >= 15 is 0 Å². The molecule has 1 aliphatic heterocycles. The van der Waals surface area contributed by atoms with Crippen molar-refractivity contribution >= 4 is 11.5 Å². The van der Waals surface area contributed by atoms with Crippen LogP contribution < -0.4 is 10.1 Å². The number of hydrogen-bond acceptors (Lipinski definition) is 6. The molecule has 1 aromatic rings. The van der Waals surface area contributed by atoms with Crippen LogP contribution in [0.4, 0.5) is 0 Å². The first-order chi connectivity index (χ1) is 6.45. The van der Waals surface area contributed by atoms with Crippen LogP contribution in [0, 0.1) is 0 Å². The molecule has 1 unspecified atom stereocenters. The number of nitrogens with zero attached hydrogens (tertiary/aromatic N) is 2. The molecule has 72 valence electrons. The van der Waals surface area contributed by atoms with Crippen LogP contribution >= 0.6 is 11.5 Å². The van der Waals surface area contributed by atoms with E-state index in [0.717, 1.165) is 19.7 Å². The summed E-state index contributed by atoms with van der Waals surface area (Å²) in [6.45, 7) is 3.07. The van der Waals surface area contributed by atoms with Crippen molar-refractivity contribution in [2.24, 2.45) is 0 Å². The molecule has 1 fully saturated rings. The third kappa shape index (κ3) is 2.61. The molecule has 13 heavy (non-hydrogen) atoms. The number of nitrogens with one attached hydrogen (secondary N) is 1. The van der Waals surface area contributed by atoms with E-state index in [4.69, 9.17) is 9.47 Å². The van der Waals surface area contributed by atoms with E-state index in [9.17, 15) is 0 Å². The van der Waals surface area contributed by atoms with Gasteiger partial charge in [0, 0.05) is 24.6 Å². The summed E-state index contributed by atoms with van der Waals surface area (Å²) < 4.78 is 14.6. The van der Waals surface area contributed by atoms with Crippen molar-refractivity contribution in [3.63, 3.8) is 0 Å².